The SMILES string of the molecule is O=Cc1ccc(OCN2C=C(Cl)C(S(=O)(=O)O)NC2=O)cc1. The molecule has 22 heavy (non-hydrogen) atoms. The number of urea groups is 1. The molecular formula is C12H11ClN2O6S. The number of amides is 2. The minimum absolute atomic E-state index is 0.235. The van der Waals surface area contributed by atoms with Crippen LogP contribution in [0.5, 0.6) is 5.75 Å². The molecule has 1 aromatic rings. The van der Waals surface area contributed by atoms with Gasteiger partial charge in [0.25, 0.3) is 10.1 Å². The van der Waals surface area contributed by atoms with Crippen LogP contribution in [0, 0.1) is 0 Å². The third-order valence-electron chi connectivity index (χ3n) is 2.73. The van der Waals surface area contributed by atoms with Gasteiger partial charge in [-0.25, -0.2) is 4.79 Å². The number of benzene rings is 1. The molecule has 2 rings (SSSR count). The topological polar surface area (TPSA) is 113 Å². The second-order valence-electron chi connectivity index (χ2n) is 4.29. The van der Waals surface area contributed by atoms with Crippen LogP contribution in [0.15, 0.2) is 35.5 Å². The van der Waals surface area contributed by atoms with E-state index < -0.39 is 21.5 Å². The van der Waals surface area contributed by atoms with Gasteiger partial charge in [-0.3, -0.25) is 14.2 Å². The highest BCUT2D eigenvalue weighted by Crippen LogP contribution is 2.20. The zero-order chi connectivity index (χ0) is 16.3. The number of ether oxygens (including phenoxy) is 1. The lowest BCUT2D eigenvalue weighted by Crippen LogP contribution is -2.51. The van der Waals surface area contributed by atoms with Crippen LogP contribution in [0.25, 0.3) is 0 Å². The zero-order valence-electron chi connectivity index (χ0n) is 11.0. The van der Waals surface area contributed by atoms with Gasteiger partial charge in [-0.15, -0.1) is 0 Å². The van der Waals surface area contributed by atoms with Crippen molar-refractivity contribution in [3.8, 4) is 5.75 Å². The van der Waals surface area contributed by atoms with Crippen molar-refractivity contribution in [1.29, 1.82) is 0 Å². The summed E-state index contributed by atoms with van der Waals surface area (Å²) in [6, 6.07) is 5.36. The maximum Gasteiger partial charge on any atom is 0.325 e. The van der Waals surface area contributed by atoms with E-state index in [4.69, 9.17) is 20.9 Å². The number of carbonyl (C=O) groups excluding carboxylic acids is 2. The third-order valence-corrected chi connectivity index (χ3v) is 4.14. The Labute approximate surface area is 131 Å². The van der Waals surface area contributed by atoms with Gasteiger partial charge in [0.1, 0.15) is 12.0 Å². The zero-order valence-corrected chi connectivity index (χ0v) is 12.5. The first-order valence-electron chi connectivity index (χ1n) is 5.90. The highest BCUT2D eigenvalue weighted by molar-refractivity contribution is 7.86. The minimum atomic E-state index is -4.54. The van der Waals surface area contributed by atoms with E-state index in [2.05, 4.69) is 0 Å². The number of halogens is 1. The summed E-state index contributed by atoms with van der Waals surface area (Å²) in [5, 5.41) is 0.0672. The molecule has 0 radical (unpaired) electrons. The largest absolute Gasteiger partial charge is 0.473 e. The van der Waals surface area contributed by atoms with Gasteiger partial charge >= 0.3 is 6.03 Å². The Hall–Kier alpha value is -2.10. The molecule has 0 bridgehead atoms. The average molecular weight is 347 g/mol. The van der Waals surface area contributed by atoms with Gasteiger partial charge in [-0.1, -0.05) is 11.6 Å². The van der Waals surface area contributed by atoms with Crippen LogP contribution >= 0.6 is 11.6 Å². The van der Waals surface area contributed by atoms with Crippen molar-refractivity contribution in [1.82, 2.24) is 10.2 Å². The second-order valence-corrected chi connectivity index (χ2v) is 6.23. The summed E-state index contributed by atoms with van der Waals surface area (Å²) in [5.41, 5.74) is 0.474. The smallest absolute Gasteiger partial charge is 0.325 e. The van der Waals surface area contributed by atoms with Gasteiger partial charge in [0.05, 0.1) is 5.03 Å². The lowest BCUT2D eigenvalue weighted by molar-refractivity contribution is 0.112. The van der Waals surface area contributed by atoms with Crippen molar-refractivity contribution in [3.63, 3.8) is 0 Å². The van der Waals surface area contributed by atoms with Gasteiger partial charge in [0.15, 0.2) is 12.1 Å². The Morgan fingerprint density at radius 1 is 1.36 bits per heavy atom. The molecule has 0 saturated heterocycles. The van der Waals surface area contributed by atoms with E-state index in [0.717, 1.165) is 11.1 Å². The van der Waals surface area contributed by atoms with Crippen LogP contribution in [-0.2, 0) is 10.1 Å². The minimum Gasteiger partial charge on any atom is -0.473 e. The molecule has 1 aliphatic heterocycles. The maximum atomic E-state index is 11.7. The lowest BCUT2D eigenvalue weighted by atomic mass is 10.2. The summed E-state index contributed by atoms with van der Waals surface area (Å²) in [4.78, 5) is 23.2. The summed E-state index contributed by atoms with van der Waals surface area (Å²) in [5.74, 6) is 0.403. The van der Waals surface area contributed by atoms with Gasteiger partial charge in [0, 0.05) is 11.8 Å². The molecule has 1 heterocycles. The van der Waals surface area contributed by atoms with Crippen LogP contribution in [0.4, 0.5) is 4.79 Å². The Balaban J connectivity index is 2.05. The van der Waals surface area contributed by atoms with Gasteiger partial charge in [-0.05, 0) is 24.3 Å². The van der Waals surface area contributed by atoms with Crippen molar-refractivity contribution in [2.75, 3.05) is 6.73 Å². The number of rotatable bonds is 5. The summed E-state index contributed by atoms with van der Waals surface area (Å²) in [6.45, 7) is -0.235. The fourth-order valence-electron chi connectivity index (χ4n) is 1.64. The average Bonchev–Trinajstić information content (AvgIpc) is 2.47. The first-order chi connectivity index (χ1) is 10.3. The normalized spacial score (nSPS) is 18.5. The van der Waals surface area contributed by atoms with Gasteiger partial charge in [-0.2, -0.15) is 8.42 Å². The Morgan fingerprint density at radius 3 is 2.55 bits per heavy atom. The first-order valence-corrected chi connectivity index (χ1v) is 7.78. The van der Waals surface area contributed by atoms with Gasteiger partial charge < -0.3 is 10.1 Å². The summed E-state index contributed by atoms with van der Waals surface area (Å²) < 4.78 is 36.3. The Kier molecular flexibility index (Phi) is 4.69. The summed E-state index contributed by atoms with van der Waals surface area (Å²) in [7, 11) is -4.54. The van der Waals surface area contributed by atoms with Crippen LogP contribution in [0.2, 0.25) is 0 Å². The monoisotopic (exact) mass is 346 g/mol. The number of nitrogens with one attached hydrogen (secondary N) is 1. The Bertz CT molecular complexity index is 716. The van der Waals surface area contributed by atoms with Crippen LogP contribution in [0.3, 0.4) is 0 Å². The number of aldehydes is 1. The molecule has 0 spiro atoms. The quantitative estimate of drug-likeness (QED) is 0.611. The molecule has 118 valence electrons. The van der Waals surface area contributed by atoms with Gasteiger partial charge in [0.2, 0.25) is 0 Å². The molecule has 8 nitrogen and oxygen atoms in total. The molecule has 2 N–H and O–H groups in total. The molecule has 0 aliphatic carbocycles. The fraction of sp³-hybridized carbons (Fsp3) is 0.167. The predicted octanol–water partition coefficient (Wildman–Crippen LogP) is 1.15. The summed E-state index contributed by atoms with van der Waals surface area (Å²) >= 11 is 5.72. The van der Waals surface area contributed by atoms with Crippen molar-refractivity contribution < 1.29 is 27.3 Å². The van der Waals surface area contributed by atoms with E-state index in [1.165, 1.54) is 24.3 Å². The standard InChI is InChI=1S/C12H11ClN2O6S/c13-10-5-15(12(17)14-11(10)22(18,19)20)7-21-9-3-1-8(6-16)2-4-9/h1-6,11H,7H2,(H,14,17)(H,18,19,20). The molecular weight excluding hydrogens is 336 g/mol. The highest BCUT2D eigenvalue weighted by atomic mass is 35.5. The number of hydrogen-bond donors (Lipinski definition) is 2. The molecule has 1 unspecified atom stereocenters. The van der Waals surface area contributed by atoms with Crippen molar-refractivity contribution in [2.24, 2.45) is 0 Å². The number of carbonyl (C=O) groups is 2. The molecule has 2 amide bonds. The van der Waals surface area contributed by atoms with Crippen molar-refractivity contribution in [2.45, 2.75) is 5.37 Å². The second kappa shape index (κ2) is 6.34. The van der Waals surface area contributed by atoms with Crippen molar-refractivity contribution >= 4 is 34.0 Å². The van der Waals surface area contributed by atoms with Crippen molar-refractivity contribution in [3.05, 3.63) is 41.1 Å². The molecule has 0 saturated carbocycles. The molecule has 0 aromatic heterocycles. The van der Waals surface area contributed by atoms with Crippen LogP contribution < -0.4 is 10.1 Å². The molecule has 1 atom stereocenters. The highest BCUT2D eigenvalue weighted by Gasteiger charge is 2.34. The molecule has 1 aliphatic rings. The fourth-order valence-corrected chi connectivity index (χ4v) is 2.74. The van der Waals surface area contributed by atoms with E-state index in [1.807, 2.05) is 5.32 Å². The van der Waals surface area contributed by atoms with E-state index in [-0.39, 0.29) is 11.8 Å². The summed E-state index contributed by atoms with van der Waals surface area (Å²) in [6.07, 6.45) is 1.73. The van der Waals surface area contributed by atoms with E-state index in [0.29, 0.717) is 17.6 Å². The number of hydrogen-bond acceptors (Lipinski definition) is 5. The number of nitrogens with zero attached hydrogens (tertiary/aromatic N) is 1. The first kappa shape index (κ1) is 16.3. The van der Waals surface area contributed by atoms with Crippen LogP contribution in [-0.4, -0.2) is 42.3 Å². The van der Waals surface area contributed by atoms with Crippen LogP contribution in [0.1, 0.15) is 10.4 Å². The third kappa shape index (κ3) is 3.75. The van der Waals surface area contributed by atoms with E-state index >= 15 is 0 Å². The molecule has 1 aromatic carbocycles. The molecule has 0 fully saturated rings. The molecule has 10 heteroatoms. The maximum absolute atomic E-state index is 11.7. The van der Waals surface area contributed by atoms with E-state index in [9.17, 15) is 18.0 Å². The van der Waals surface area contributed by atoms with E-state index in [1.54, 1.807) is 0 Å². The predicted molar refractivity (Wildman–Crippen MR) is 77.0 cm³/mol. The Morgan fingerprint density at radius 2 is 2.00 bits per heavy atom. The lowest BCUT2D eigenvalue weighted by Gasteiger charge is -2.27.